The zero-order valence-electron chi connectivity index (χ0n) is 11.9. The van der Waals surface area contributed by atoms with Gasteiger partial charge in [0.2, 0.25) is 5.91 Å². The molecule has 3 rings (SSSR count). The Hall–Kier alpha value is -0.600. The molecule has 7 heteroatoms. The van der Waals surface area contributed by atoms with Gasteiger partial charge < -0.3 is 10.1 Å². The molecule has 1 amide bonds. The number of hydrogen-bond donors (Lipinski definition) is 2. The van der Waals surface area contributed by atoms with Gasteiger partial charge in [-0.2, -0.15) is 0 Å². The van der Waals surface area contributed by atoms with E-state index in [-0.39, 0.29) is 18.0 Å². The van der Waals surface area contributed by atoms with Gasteiger partial charge in [0.1, 0.15) is 0 Å². The van der Waals surface area contributed by atoms with Crippen molar-refractivity contribution in [3.8, 4) is 0 Å². The number of nitrogens with one attached hydrogen (secondary N) is 2. The van der Waals surface area contributed by atoms with Crippen molar-refractivity contribution in [3.05, 3.63) is 22.4 Å². The number of ether oxygens (including phenoxy) is 1. The third-order valence-electron chi connectivity index (χ3n) is 3.86. The summed E-state index contributed by atoms with van der Waals surface area (Å²) >= 11 is 3.53. The molecule has 0 aromatic carbocycles. The molecular formula is C14H21N3O2S2. The van der Waals surface area contributed by atoms with Gasteiger partial charge in [-0.15, -0.1) is 23.1 Å². The lowest BCUT2D eigenvalue weighted by Crippen LogP contribution is -2.47. The normalized spacial score (nSPS) is 24.9. The largest absolute Gasteiger partial charge is 0.379 e. The first-order valence-electron chi connectivity index (χ1n) is 7.28. The Morgan fingerprint density at radius 2 is 2.38 bits per heavy atom. The molecule has 5 nitrogen and oxygen atoms in total. The van der Waals surface area contributed by atoms with Crippen molar-refractivity contribution in [2.24, 2.45) is 0 Å². The van der Waals surface area contributed by atoms with Gasteiger partial charge in [0.15, 0.2) is 0 Å². The van der Waals surface area contributed by atoms with Gasteiger partial charge in [0.05, 0.1) is 25.3 Å². The van der Waals surface area contributed by atoms with Gasteiger partial charge in [-0.25, -0.2) is 0 Å². The van der Waals surface area contributed by atoms with Crippen LogP contribution in [-0.4, -0.2) is 61.3 Å². The van der Waals surface area contributed by atoms with Crippen LogP contribution >= 0.6 is 23.1 Å². The zero-order valence-corrected chi connectivity index (χ0v) is 13.5. The van der Waals surface area contributed by atoms with Crippen molar-refractivity contribution in [2.75, 3.05) is 44.5 Å². The lowest BCUT2D eigenvalue weighted by Gasteiger charge is -2.34. The summed E-state index contributed by atoms with van der Waals surface area (Å²) in [6.07, 6.45) is 0. The summed E-state index contributed by atoms with van der Waals surface area (Å²) in [6.45, 7) is 4.07. The maximum absolute atomic E-state index is 12.2. The molecule has 3 heterocycles. The van der Waals surface area contributed by atoms with Gasteiger partial charge in [-0.3, -0.25) is 15.0 Å². The van der Waals surface area contributed by atoms with Crippen molar-refractivity contribution in [1.82, 2.24) is 15.5 Å². The topological polar surface area (TPSA) is 53.6 Å². The molecule has 2 N–H and O–H groups in total. The van der Waals surface area contributed by atoms with Gasteiger partial charge in [0.25, 0.3) is 0 Å². The summed E-state index contributed by atoms with van der Waals surface area (Å²) in [5.74, 6) is 1.86. The number of hydrogen-bond acceptors (Lipinski definition) is 6. The molecule has 2 saturated heterocycles. The summed E-state index contributed by atoms with van der Waals surface area (Å²) in [5, 5.41) is 8.43. The number of carbonyl (C=O) groups excluding carboxylic acids is 1. The number of carbonyl (C=O) groups is 1. The maximum Gasteiger partial charge on any atom is 0.238 e. The molecule has 2 atom stereocenters. The van der Waals surface area contributed by atoms with Crippen molar-refractivity contribution in [1.29, 1.82) is 0 Å². The van der Waals surface area contributed by atoms with E-state index in [1.807, 2.05) is 0 Å². The highest BCUT2D eigenvalue weighted by Gasteiger charge is 2.26. The van der Waals surface area contributed by atoms with E-state index < -0.39 is 0 Å². The lowest BCUT2D eigenvalue weighted by atomic mass is 10.1. The summed E-state index contributed by atoms with van der Waals surface area (Å²) in [7, 11) is 0. The number of thioether (sulfide) groups is 1. The van der Waals surface area contributed by atoms with Crippen LogP contribution in [0.3, 0.4) is 0 Å². The Kier molecular flexibility index (Phi) is 5.54. The summed E-state index contributed by atoms with van der Waals surface area (Å²) in [4.78, 5) is 15.9. The van der Waals surface area contributed by atoms with E-state index in [0.717, 1.165) is 37.9 Å². The van der Waals surface area contributed by atoms with Crippen LogP contribution in [0, 0.1) is 0 Å². The first-order chi connectivity index (χ1) is 10.3. The predicted octanol–water partition coefficient (Wildman–Crippen LogP) is 0.900. The number of rotatable bonds is 5. The van der Waals surface area contributed by atoms with Crippen LogP contribution < -0.4 is 10.6 Å². The maximum atomic E-state index is 12.2. The molecule has 0 bridgehead atoms. The molecule has 2 fully saturated rings. The van der Waals surface area contributed by atoms with E-state index in [9.17, 15) is 4.79 Å². The Labute approximate surface area is 133 Å². The van der Waals surface area contributed by atoms with Crippen LogP contribution in [0.2, 0.25) is 0 Å². The number of nitrogens with zero attached hydrogens (tertiary/aromatic N) is 1. The van der Waals surface area contributed by atoms with Gasteiger partial charge >= 0.3 is 0 Å². The third-order valence-corrected chi connectivity index (χ3v) is 5.77. The second-order valence-corrected chi connectivity index (χ2v) is 7.21. The first-order valence-corrected chi connectivity index (χ1v) is 9.32. The van der Waals surface area contributed by atoms with E-state index in [2.05, 4.69) is 33.0 Å². The molecule has 0 aliphatic carbocycles. The van der Waals surface area contributed by atoms with Crippen LogP contribution in [0.4, 0.5) is 0 Å². The molecule has 116 valence electrons. The second kappa shape index (κ2) is 7.60. The summed E-state index contributed by atoms with van der Waals surface area (Å²) in [5.41, 5.74) is 0. The Morgan fingerprint density at radius 3 is 3.05 bits per heavy atom. The van der Waals surface area contributed by atoms with Crippen molar-refractivity contribution >= 4 is 29.0 Å². The van der Waals surface area contributed by atoms with Gasteiger partial charge in [-0.05, 0) is 11.4 Å². The zero-order chi connectivity index (χ0) is 14.5. The molecule has 21 heavy (non-hydrogen) atoms. The molecule has 0 spiro atoms. The number of amides is 1. The van der Waals surface area contributed by atoms with Crippen molar-refractivity contribution in [3.63, 3.8) is 0 Å². The molecule has 1 aromatic heterocycles. The first kappa shape index (κ1) is 15.3. The van der Waals surface area contributed by atoms with E-state index in [1.165, 1.54) is 4.88 Å². The molecule has 2 aliphatic heterocycles. The summed E-state index contributed by atoms with van der Waals surface area (Å²) < 4.78 is 5.44. The predicted molar refractivity (Wildman–Crippen MR) is 86.7 cm³/mol. The minimum absolute atomic E-state index is 0.0383. The van der Waals surface area contributed by atoms with Crippen LogP contribution in [0.25, 0.3) is 0 Å². The quantitative estimate of drug-likeness (QED) is 0.842. The fourth-order valence-corrected chi connectivity index (χ4v) is 4.47. The van der Waals surface area contributed by atoms with Gasteiger partial charge in [0, 0.05) is 36.1 Å². The standard InChI is InChI=1S/C14H21N3O2S2/c18-14(11-9-20-10-16-11)15-8-12(13-2-1-7-21-13)17-3-5-19-6-4-17/h1-2,7,11-12,16H,3-6,8-10H2,(H,15,18). The highest BCUT2D eigenvalue weighted by atomic mass is 32.2. The Morgan fingerprint density at radius 1 is 1.52 bits per heavy atom. The minimum atomic E-state index is -0.0383. The second-order valence-electron chi connectivity index (χ2n) is 5.20. The van der Waals surface area contributed by atoms with Crippen LogP contribution in [0.1, 0.15) is 10.9 Å². The SMILES string of the molecule is O=C(NCC(c1cccs1)N1CCOCC1)C1CSCN1. The highest BCUT2D eigenvalue weighted by Crippen LogP contribution is 2.25. The smallest absolute Gasteiger partial charge is 0.238 e. The average Bonchev–Trinajstić information content (AvgIpc) is 3.22. The molecule has 2 unspecified atom stereocenters. The molecular weight excluding hydrogens is 306 g/mol. The molecule has 0 radical (unpaired) electrons. The molecule has 2 aliphatic rings. The molecule has 1 aromatic rings. The fraction of sp³-hybridized carbons (Fsp3) is 0.643. The van der Waals surface area contributed by atoms with Crippen molar-refractivity contribution in [2.45, 2.75) is 12.1 Å². The minimum Gasteiger partial charge on any atom is -0.379 e. The van der Waals surface area contributed by atoms with Crippen LogP contribution in [0.15, 0.2) is 17.5 Å². The fourth-order valence-electron chi connectivity index (χ4n) is 2.66. The van der Waals surface area contributed by atoms with Crippen LogP contribution in [-0.2, 0) is 9.53 Å². The highest BCUT2D eigenvalue weighted by molar-refractivity contribution is 7.99. The summed E-state index contributed by atoms with van der Waals surface area (Å²) in [6, 6.07) is 4.45. The number of morpholine rings is 1. The van der Waals surface area contributed by atoms with E-state index in [4.69, 9.17) is 4.74 Å². The Balaban J connectivity index is 1.60. The van der Waals surface area contributed by atoms with E-state index >= 15 is 0 Å². The third kappa shape index (κ3) is 3.98. The Bertz CT molecular complexity index is 443. The lowest BCUT2D eigenvalue weighted by molar-refractivity contribution is -0.122. The number of thiophene rings is 1. The van der Waals surface area contributed by atoms with E-state index in [0.29, 0.717) is 6.54 Å². The van der Waals surface area contributed by atoms with Crippen LogP contribution in [0.5, 0.6) is 0 Å². The van der Waals surface area contributed by atoms with E-state index in [1.54, 1.807) is 23.1 Å². The van der Waals surface area contributed by atoms with Crippen molar-refractivity contribution < 1.29 is 9.53 Å². The monoisotopic (exact) mass is 327 g/mol. The molecule has 0 saturated carbocycles. The van der Waals surface area contributed by atoms with Gasteiger partial charge in [-0.1, -0.05) is 6.07 Å². The average molecular weight is 327 g/mol.